The zero-order chi connectivity index (χ0) is 16.4. The molecule has 0 radical (unpaired) electrons. The minimum absolute atomic E-state index is 0.197. The first-order valence-electron chi connectivity index (χ1n) is 7.06. The van der Waals surface area contributed by atoms with Gasteiger partial charge in [-0.05, 0) is 42.5 Å². The molecule has 2 amide bonds. The van der Waals surface area contributed by atoms with Crippen molar-refractivity contribution in [2.24, 2.45) is 0 Å². The topological polar surface area (TPSA) is 40.6 Å². The van der Waals surface area contributed by atoms with Crippen LogP contribution in [0.15, 0.2) is 54.6 Å². The van der Waals surface area contributed by atoms with Crippen molar-refractivity contribution in [1.82, 2.24) is 9.80 Å². The predicted molar refractivity (Wildman–Crippen MR) is 92.6 cm³/mol. The van der Waals surface area contributed by atoms with E-state index < -0.39 is 0 Å². The number of benzene rings is 2. The van der Waals surface area contributed by atoms with E-state index in [1.54, 1.807) is 48.5 Å². The van der Waals surface area contributed by atoms with Crippen LogP contribution >= 0.6 is 23.8 Å². The minimum atomic E-state index is -0.249. The van der Waals surface area contributed by atoms with Gasteiger partial charge >= 0.3 is 0 Å². The summed E-state index contributed by atoms with van der Waals surface area (Å²) in [6.07, 6.45) is 0. The zero-order valence-corrected chi connectivity index (χ0v) is 13.7. The van der Waals surface area contributed by atoms with E-state index in [1.165, 1.54) is 9.80 Å². The van der Waals surface area contributed by atoms with Crippen LogP contribution in [-0.2, 0) is 0 Å². The molecule has 2 aromatic rings. The Hall–Kier alpha value is -2.24. The van der Waals surface area contributed by atoms with E-state index in [9.17, 15) is 9.59 Å². The highest BCUT2D eigenvalue weighted by Gasteiger charge is 2.34. The fourth-order valence-electron chi connectivity index (χ4n) is 2.43. The summed E-state index contributed by atoms with van der Waals surface area (Å²) < 4.78 is 0. The number of amides is 2. The van der Waals surface area contributed by atoms with Gasteiger partial charge in [0.15, 0.2) is 5.11 Å². The van der Waals surface area contributed by atoms with Crippen molar-refractivity contribution in [3.8, 4) is 0 Å². The van der Waals surface area contributed by atoms with Crippen LogP contribution in [0.5, 0.6) is 0 Å². The molecule has 1 aliphatic heterocycles. The third kappa shape index (κ3) is 3.11. The summed E-state index contributed by atoms with van der Waals surface area (Å²) in [6, 6.07) is 15.6. The number of rotatable bonds is 2. The van der Waals surface area contributed by atoms with Gasteiger partial charge in [-0.2, -0.15) is 0 Å². The fraction of sp³-hybridized carbons (Fsp3) is 0.118. The van der Waals surface area contributed by atoms with Gasteiger partial charge < -0.3 is 0 Å². The van der Waals surface area contributed by atoms with Crippen LogP contribution in [0.25, 0.3) is 0 Å². The number of hydrogen-bond acceptors (Lipinski definition) is 3. The number of carbonyl (C=O) groups excluding carboxylic acids is 2. The zero-order valence-electron chi connectivity index (χ0n) is 12.1. The molecule has 4 nitrogen and oxygen atoms in total. The van der Waals surface area contributed by atoms with Crippen LogP contribution in [0.1, 0.15) is 20.7 Å². The van der Waals surface area contributed by atoms with Gasteiger partial charge in [0.25, 0.3) is 11.8 Å². The number of carbonyl (C=O) groups is 2. The molecule has 1 fully saturated rings. The van der Waals surface area contributed by atoms with Crippen LogP contribution in [-0.4, -0.2) is 39.8 Å². The average molecular weight is 345 g/mol. The highest BCUT2D eigenvalue weighted by molar-refractivity contribution is 7.80. The number of halogens is 1. The standard InChI is InChI=1S/C17H13ClN2O2S/c18-14-8-4-7-13(11-14)16(22)20-10-9-19(17(20)23)15(21)12-5-2-1-3-6-12/h1-8,11H,9-10H2. The van der Waals surface area contributed by atoms with Gasteiger partial charge in [-0.1, -0.05) is 35.9 Å². The Kier molecular flexibility index (Phi) is 4.41. The summed E-state index contributed by atoms with van der Waals surface area (Å²) in [4.78, 5) is 27.9. The molecular formula is C17H13ClN2O2S. The highest BCUT2D eigenvalue weighted by Crippen LogP contribution is 2.18. The van der Waals surface area contributed by atoms with Crippen molar-refractivity contribution >= 4 is 40.7 Å². The van der Waals surface area contributed by atoms with E-state index in [0.717, 1.165) is 0 Å². The van der Waals surface area contributed by atoms with Crippen LogP contribution in [0.4, 0.5) is 0 Å². The van der Waals surface area contributed by atoms with Crippen molar-refractivity contribution < 1.29 is 9.59 Å². The van der Waals surface area contributed by atoms with Gasteiger partial charge in [0.2, 0.25) is 0 Å². The molecule has 0 aliphatic carbocycles. The molecule has 116 valence electrons. The van der Waals surface area contributed by atoms with Gasteiger partial charge in [-0.15, -0.1) is 0 Å². The molecular weight excluding hydrogens is 332 g/mol. The molecule has 0 atom stereocenters. The fourth-order valence-corrected chi connectivity index (χ4v) is 2.97. The van der Waals surface area contributed by atoms with Crippen molar-refractivity contribution in [2.45, 2.75) is 0 Å². The van der Waals surface area contributed by atoms with Gasteiger partial charge in [0, 0.05) is 29.2 Å². The quantitative estimate of drug-likeness (QED) is 0.785. The predicted octanol–water partition coefficient (Wildman–Crippen LogP) is 3.22. The van der Waals surface area contributed by atoms with E-state index >= 15 is 0 Å². The van der Waals surface area contributed by atoms with Crippen LogP contribution < -0.4 is 0 Å². The third-order valence-electron chi connectivity index (χ3n) is 3.59. The molecule has 0 bridgehead atoms. The summed E-state index contributed by atoms with van der Waals surface area (Å²) in [7, 11) is 0. The maximum atomic E-state index is 12.6. The Labute approximate surface area is 144 Å². The van der Waals surface area contributed by atoms with E-state index in [1.807, 2.05) is 6.07 Å². The normalized spacial score (nSPS) is 14.2. The smallest absolute Gasteiger partial charge is 0.260 e. The molecule has 0 aromatic heterocycles. The lowest BCUT2D eigenvalue weighted by atomic mass is 10.2. The number of thiocarbonyl (C=S) groups is 1. The lowest BCUT2D eigenvalue weighted by Crippen LogP contribution is -2.38. The molecule has 0 N–H and O–H groups in total. The highest BCUT2D eigenvalue weighted by atomic mass is 35.5. The lowest BCUT2D eigenvalue weighted by molar-refractivity contribution is 0.0857. The molecule has 0 saturated carbocycles. The summed E-state index contributed by atoms with van der Waals surface area (Å²) in [5.41, 5.74) is 1.00. The summed E-state index contributed by atoms with van der Waals surface area (Å²) in [6.45, 7) is 0.765. The van der Waals surface area contributed by atoms with Crippen molar-refractivity contribution in [3.63, 3.8) is 0 Å². The van der Waals surface area contributed by atoms with E-state index in [2.05, 4.69) is 0 Å². The molecule has 3 rings (SSSR count). The second-order valence-electron chi connectivity index (χ2n) is 5.07. The molecule has 1 saturated heterocycles. The Balaban J connectivity index is 1.79. The van der Waals surface area contributed by atoms with Gasteiger partial charge in [-0.25, -0.2) is 0 Å². The molecule has 2 aromatic carbocycles. The molecule has 0 spiro atoms. The second-order valence-corrected chi connectivity index (χ2v) is 5.87. The SMILES string of the molecule is O=C(c1ccccc1)N1CCN(C(=O)c2cccc(Cl)c2)C1=S. The molecule has 23 heavy (non-hydrogen) atoms. The van der Waals surface area contributed by atoms with Crippen molar-refractivity contribution in [1.29, 1.82) is 0 Å². The average Bonchev–Trinajstić information content (AvgIpc) is 2.96. The van der Waals surface area contributed by atoms with E-state index in [4.69, 9.17) is 23.8 Å². The first-order chi connectivity index (χ1) is 11.1. The maximum absolute atomic E-state index is 12.6. The van der Waals surface area contributed by atoms with Gasteiger partial charge in [-0.3, -0.25) is 19.4 Å². The van der Waals surface area contributed by atoms with E-state index in [0.29, 0.717) is 29.2 Å². The third-order valence-corrected chi connectivity index (χ3v) is 4.27. The van der Waals surface area contributed by atoms with Crippen LogP contribution in [0.2, 0.25) is 5.02 Å². The van der Waals surface area contributed by atoms with Crippen LogP contribution in [0, 0.1) is 0 Å². The lowest BCUT2D eigenvalue weighted by Gasteiger charge is -2.19. The Bertz CT molecular complexity index is 779. The van der Waals surface area contributed by atoms with Crippen molar-refractivity contribution in [2.75, 3.05) is 13.1 Å². The number of hydrogen-bond donors (Lipinski definition) is 0. The molecule has 0 unspecified atom stereocenters. The largest absolute Gasteiger partial charge is 0.283 e. The summed E-state index contributed by atoms with van der Waals surface area (Å²) in [5, 5.41) is 0.710. The first-order valence-corrected chi connectivity index (χ1v) is 7.85. The summed E-state index contributed by atoms with van der Waals surface area (Å²) in [5.74, 6) is -0.446. The Morgan fingerprint density at radius 1 is 0.870 bits per heavy atom. The first kappa shape index (κ1) is 15.6. The molecule has 1 heterocycles. The Morgan fingerprint density at radius 2 is 1.43 bits per heavy atom. The molecule has 6 heteroatoms. The number of nitrogens with zero attached hydrogens (tertiary/aromatic N) is 2. The minimum Gasteiger partial charge on any atom is -0.283 e. The molecule has 1 aliphatic rings. The summed E-state index contributed by atoms with van der Waals surface area (Å²) >= 11 is 11.2. The monoisotopic (exact) mass is 344 g/mol. The van der Waals surface area contributed by atoms with Gasteiger partial charge in [0.05, 0.1) is 0 Å². The van der Waals surface area contributed by atoms with Crippen LogP contribution in [0.3, 0.4) is 0 Å². The maximum Gasteiger partial charge on any atom is 0.260 e. The van der Waals surface area contributed by atoms with Crippen molar-refractivity contribution in [3.05, 3.63) is 70.7 Å². The van der Waals surface area contributed by atoms with E-state index in [-0.39, 0.29) is 16.9 Å². The second kappa shape index (κ2) is 6.48. The van der Waals surface area contributed by atoms with Gasteiger partial charge in [0.1, 0.15) is 0 Å². The Morgan fingerprint density at radius 3 is 2.04 bits per heavy atom.